The van der Waals surface area contributed by atoms with Crippen LogP contribution in [0.25, 0.3) is 0 Å². The molecule has 4 aliphatic carbocycles. The third kappa shape index (κ3) is 4.46. The molecule has 4 aliphatic rings. The second kappa shape index (κ2) is 8.35. The Hall–Kier alpha value is -0.436. The molecule has 0 aromatic rings. The number of nitrogens with zero attached hydrogens (tertiary/aromatic N) is 1. The molecule has 0 spiro atoms. The van der Waals surface area contributed by atoms with E-state index in [9.17, 15) is 0 Å². The molecule has 0 bridgehead atoms. The van der Waals surface area contributed by atoms with Gasteiger partial charge in [0.1, 0.15) is 7.11 Å². The van der Waals surface area contributed by atoms with Gasteiger partial charge in [-0.2, -0.15) is 0 Å². The molecular formula is C26H47NO3Si2. The molecule has 0 radical (unpaired) electrons. The summed E-state index contributed by atoms with van der Waals surface area (Å²) in [5.74, 6) is 2.15. The van der Waals surface area contributed by atoms with Crippen molar-refractivity contribution in [3.63, 3.8) is 0 Å². The van der Waals surface area contributed by atoms with Crippen LogP contribution in [0.4, 0.5) is 0 Å². The van der Waals surface area contributed by atoms with E-state index in [-0.39, 0.29) is 11.5 Å². The second-order valence-electron chi connectivity index (χ2n) is 13.5. The van der Waals surface area contributed by atoms with Crippen molar-refractivity contribution < 1.29 is 13.7 Å². The number of hydrogen-bond acceptors (Lipinski definition) is 4. The van der Waals surface area contributed by atoms with E-state index < -0.39 is 16.6 Å². The van der Waals surface area contributed by atoms with Crippen molar-refractivity contribution in [2.45, 2.75) is 110 Å². The fourth-order valence-corrected chi connectivity index (χ4v) is 10.1. The third-order valence-corrected chi connectivity index (χ3v) is 11.0. The van der Waals surface area contributed by atoms with Gasteiger partial charge in [0, 0.05) is 11.5 Å². The third-order valence-electron chi connectivity index (χ3n) is 9.03. The van der Waals surface area contributed by atoms with E-state index in [1.165, 1.54) is 32.1 Å². The Morgan fingerprint density at radius 1 is 0.906 bits per heavy atom. The summed E-state index contributed by atoms with van der Waals surface area (Å²) in [7, 11) is -1.50. The van der Waals surface area contributed by atoms with Crippen molar-refractivity contribution in [1.29, 1.82) is 0 Å². The van der Waals surface area contributed by atoms with Gasteiger partial charge in [0.25, 0.3) is 0 Å². The Bertz CT molecular complexity index is 783. The molecule has 0 amide bonds. The van der Waals surface area contributed by atoms with Gasteiger partial charge >= 0.3 is 0 Å². The van der Waals surface area contributed by atoms with Crippen LogP contribution in [-0.2, 0) is 13.7 Å². The minimum atomic E-state index is -1.69. The number of oxime groups is 1. The fraction of sp³-hybridized carbons (Fsp3) is 0.885. The van der Waals surface area contributed by atoms with Crippen LogP contribution in [0.3, 0.4) is 0 Å². The zero-order valence-electron chi connectivity index (χ0n) is 22.1. The van der Waals surface area contributed by atoms with Crippen molar-refractivity contribution in [3.05, 3.63) is 11.6 Å². The Morgan fingerprint density at radius 2 is 1.59 bits per heavy atom. The van der Waals surface area contributed by atoms with E-state index in [1.807, 2.05) is 0 Å². The lowest BCUT2D eigenvalue weighted by Gasteiger charge is -2.58. The van der Waals surface area contributed by atoms with Gasteiger partial charge in [-0.25, -0.2) is 0 Å². The first-order valence-electron chi connectivity index (χ1n) is 12.9. The van der Waals surface area contributed by atoms with E-state index in [2.05, 4.69) is 64.4 Å². The average molecular weight is 478 g/mol. The minimum Gasteiger partial charge on any atom is -0.414 e. The smallest absolute Gasteiger partial charge is 0.184 e. The van der Waals surface area contributed by atoms with Crippen LogP contribution in [-0.4, -0.2) is 41.7 Å². The summed E-state index contributed by atoms with van der Waals surface area (Å²) in [6, 6.07) is 0. The molecule has 182 valence electrons. The molecule has 0 N–H and O–H groups in total. The first-order valence-corrected chi connectivity index (χ1v) is 19.7. The van der Waals surface area contributed by atoms with Gasteiger partial charge in [-0.3, -0.25) is 0 Å². The predicted molar refractivity (Wildman–Crippen MR) is 138 cm³/mol. The van der Waals surface area contributed by atoms with Gasteiger partial charge in [-0.15, -0.1) is 0 Å². The van der Waals surface area contributed by atoms with Crippen LogP contribution in [0.15, 0.2) is 16.8 Å². The van der Waals surface area contributed by atoms with E-state index in [4.69, 9.17) is 13.7 Å². The van der Waals surface area contributed by atoms with Gasteiger partial charge in [0.15, 0.2) is 16.6 Å². The maximum Gasteiger partial charge on any atom is 0.184 e. The van der Waals surface area contributed by atoms with Crippen LogP contribution in [0.5, 0.6) is 0 Å². The second-order valence-corrected chi connectivity index (χ2v) is 22.4. The molecule has 6 heteroatoms. The highest BCUT2D eigenvalue weighted by molar-refractivity contribution is 6.70. The van der Waals surface area contributed by atoms with Crippen molar-refractivity contribution in [2.75, 3.05) is 7.11 Å². The highest BCUT2D eigenvalue weighted by Gasteiger charge is 2.61. The maximum absolute atomic E-state index is 6.81. The summed E-state index contributed by atoms with van der Waals surface area (Å²) >= 11 is 0. The summed E-state index contributed by atoms with van der Waals surface area (Å²) in [5, 5.41) is 4.52. The molecule has 0 aliphatic heterocycles. The lowest BCUT2D eigenvalue weighted by Crippen LogP contribution is -2.53. The molecular weight excluding hydrogens is 430 g/mol. The highest BCUT2D eigenvalue weighted by Crippen LogP contribution is 2.65. The van der Waals surface area contributed by atoms with Gasteiger partial charge in [-0.1, -0.05) is 30.7 Å². The highest BCUT2D eigenvalue weighted by atomic mass is 28.4. The van der Waals surface area contributed by atoms with E-state index in [0.717, 1.165) is 30.4 Å². The number of fused-ring (bicyclic) bond motifs is 5. The van der Waals surface area contributed by atoms with Crippen molar-refractivity contribution >= 4 is 22.3 Å². The summed E-state index contributed by atoms with van der Waals surface area (Å²) in [6.45, 7) is 19.0. The first-order chi connectivity index (χ1) is 14.8. The van der Waals surface area contributed by atoms with Crippen LogP contribution in [0, 0.1) is 28.6 Å². The molecule has 4 nitrogen and oxygen atoms in total. The van der Waals surface area contributed by atoms with Gasteiger partial charge in [0.05, 0.1) is 11.8 Å². The Labute approximate surface area is 198 Å². The van der Waals surface area contributed by atoms with Crippen molar-refractivity contribution in [3.8, 4) is 0 Å². The van der Waals surface area contributed by atoms with Gasteiger partial charge < -0.3 is 13.7 Å². The maximum atomic E-state index is 6.81. The van der Waals surface area contributed by atoms with Crippen LogP contribution in [0.1, 0.15) is 58.8 Å². The molecule has 32 heavy (non-hydrogen) atoms. The molecule has 0 heterocycles. The average Bonchev–Trinajstić information content (AvgIpc) is 2.92. The van der Waals surface area contributed by atoms with E-state index >= 15 is 0 Å². The number of allylic oxidation sites excluding steroid dienone is 1. The molecule has 0 saturated heterocycles. The van der Waals surface area contributed by atoms with Gasteiger partial charge in [0.2, 0.25) is 0 Å². The van der Waals surface area contributed by atoms with E-state index in [0.29, 0.717) is 17.4 Å². The Morgan fingerprint density at radius 3 is 2.22 bits per heavy atom. The quantitative estimate of drug-likeness (QED) is 0.243. The largest absolute Gasteiger partial charge is 0.414 e. The van der Waals surface area contributed by atoms with E-state index in [1.54, 1.807) is 12.7 Å². The number of rotatable bonds is 5. The predicted octanol–water partition coefficient (Wildman–Crippen LogP) is 7.00. The fourth-order valence-electron chi connectivity index (χ4n) is 7.76. The molecule has 4 rings (SSSR count). The SMILES string of the molecule is CO/N=C1\C[C@H]2[C@@H]3CC=C4CC(O[Si](C)(C)C)CC[C@]4(C)[C@H]3CC[C@]2(C)C1O[Si](C)(C)C. The molecule has 0 aromatic heterocycles. The van der Waals surface area contributed by atoms with Crippen LogP contribution >= 0.6 is 0 Å². The molecule has 3 fully saturated rings. The van der Waals surface area contributed by atoms with Crippen LogP contribution in [0.2, 0.25) is 39.3 Å². The summed E-state index contributed by atoms with van der Waals surface area (Å²) < 4.78 is 13.4. The number of hydrogen-bond donors (Lipinski definition) is 0. The summed E-state index contributed by atoms with van der Waals surface area (Å²) in [6.07, 6.45) is 11.7. The van der Waals surface area contributed by atoms with Crippen molar-refractivity contribution in [1.82, 2.24) is 0 Å². The zero-order valence-corrected chi connectivity index (χ0v) is 24.1. The molecule has 3 saturated carbocycles. The normalized spacial score (nSPS) is 43.3. The summed E-state index contributed by atoms with van der Waals surface area (Å²) in [5.41, 5.74) is 3.39. The molecule has 0 aromatic carbocycles. The standard InChI is InChI=1S/C26H47NO3Si2/c1-25-14-12-19(29-31(4,5)6)16-18(25)10-11-20-21(25)13-15-26(2)22(20)17-23(27-28-3)24(26)30-32(7,8)9/h10,19-22,24H,11-17H2,1-9H3/b27-23+/t19?,20-,21+,22+,24?,25+,26+/m1/s1. The summed E-state index contributed by atoms with van der Waals surface area (Å²) in [4.78, 5) is 5.32. The lowest BCUT2D eigenvalue weighted by atomic mass is 9.48. The minimum absolute atomic E-state index is 0.124. The topological polar surface area (TPSA) is 40.0 Å². The zero-order chi connectivity index (χ0) is 23.5. The first kappa shape index (κ1) is 24.7. The molecule has 2 unspecified atom stereocenters. The van der Waals surface area contributed by atoms with Crippen molar-refractivity contribution in [2.24, 2.45) is 33.7 Å². The van der Waals surface area contributed by atoms with Gasteiger partial charge in [-0.05, 0) is 107 Å². The Kier molecular flexibility index (Phi) is 6.44. The monoisotopic (exact) mass is 477 g/mol. The lowest BCUT2D eigenvalue weighted by molar-refractivity contribution is -0.0627. The molecule has 7 atom stereocenters. The Balaban J connectivity index is 1.60. The van der Waals surface area contributed by atoms with Crippen LogP contribution < -0.4 is 0 Å².